The monoisotopic (exact) mass is 277 g/mol. The third kappa shape index (κ3) is 5.53. The Morgan fingerprint density at radius 2 is 2.15 bits per heavy atom. The van der Waals surface area contributed by atoms with Crippen LogP contribution in [0.2, 0.25) is 0 Å². The molecule has 0 spiro atoms. The van der Waals surface area contributed by atoms with Crippen LogP contribution in [0, 0.1) is 17.7 Å². The number of alkyl carbamates (subject to hydrolysis) is 1. The Kier molecular flexibility index (Phi) is 5.27. The molecule has 1 aromatic rings. The summed E-state index contributed by atoms with van der Waals surface area (Å²) >= 11 is 0. The number of ether oxygens (including phenoxy) is 1. The lowest BCUT2D eigenvalue weighted by Crippen LogP contribution is -2.32. The highest BCUT2D eigenvalue weighted by atomic mass is 19.1. The van der Waals surface area contributed by atoms with E-state index in [9.17, 15) is 14.0 Å². The number of carbonyl (C=O) groups excluding carboxylic acids is 2. The minimum absolute atomic E-state index is 0.0116. The Balaban J connectivity index is 2.53. The molecule has 1 N–H and O–H groups in total. The second kappa shape index (κ2) is 6.71. The van der Waals surface area contributed by atoms with E-state index in [1.165, 1.54) is 18.2 Å². The number of nitrogens with one attached hydrogen (secondary N) is 1. The molecule has 1 rings (SSSR count). The van der Waals surface area contributed by atoms with Crippen molar-refractivity contribution in [1.29, 1.82) is 0 Å². The predicted molar refractivity (Wildman–Crippen MR) is 72.9 cm³/mol. The molecule has 0 aliphatic rings. The standard InChI is InChI=1S/C15H16FNO3/c1-15(2,3)20-14(19)17-8-4-5-11-6-7-12(10-18)13(16)9-11/h6-7,9-10H,8H2,1-3H3,(H,17,19). The maximum atomic E-state index is 13.3. The van der Waals surface area contributed by atoms with Crippen LogP contribution in [-0.2, 0) is 4.74 Å². The van der Waals surface area contributed by atoms with Crippen molar-refractivity contribution in [2.24, 2.45) is 0 Å². The smallest absolute Gasteiger partial charge is 0.408 e. The normalized spacial score (nSPS) is 10.2. The summed E-state index contributed by atoms with van der Waals surface area (Å²) in [6.07, 6.45) is -0.120. The van der Waals surface area contributed by atoms with Gasteiger partial charge in [0.2, 0.25) is 0 Å². The number of hydrogen-bond donors (Lipinski definition) is 1. The summed E-state index contributed by atoms with van der Waals surface area (Å²) in [5.74, 6) is 4.73. The van der Waals surface area contributed by atoms with Crippen molar-refractivity contribution in [2.75, 3.05) is 6.54 Å². The Morgan fingerprint density at radius 1 is 1.45 bits per heavy atom. The van der Waals surface area contributed by atoms with Gasteiger partial charge in [0.15, 0.2) is 6.29 Å². The molecule has 0 aliphatic heterocycles. The molecule has 0 radical (unpaired) electrons. The molecule has 0 saturated heterocycles. The summed E-state index contributed by atoms with van der Waals surface area (Å²) < 4.78 is 18.3. The van der Waals surface area contributed by atoms with Crippen LogP contribution in [0.25, 0.3) is 0 Å². The van der Waals surface area contributed by atoms with Crippen molar-refractivity contribution in [3.05, 3.63) is 35.1 Å². The van der Waals surface area contributed by atoms with E-state index in [1.54, 1.807) is 20.8 Å². The predicted octanol–water partition coefficient (Wildman–Crippen LogP) is 2.51. The van der Waals surface area contributed by atoms with Gasteiger partial charge in [0.05, 0.1) is 12.1 Å². The van der Waals surface area contributed by atoms with E-state index >= 15 is 0 Å². The quantitative estimate of drug-likeness (QED) is 0.667. The topological polar surface area (TPSA) is 55.4 Å². The fraction of sp³-hybridized carbons (Fsp3) is 0.333. The molecule has 1 amide bonds. The van der Waals surface area contributed by atoms with Crippen molar-refractivity contribution in [1.82, 2.24) is 5.32 Å². The molecule has 20 heavy (non-hydrogen) atoms. The maximum absolute atomic E-state index is 13.3. The molecule has 0 heterocycles. The van der Waals surface area contributed by atoms with Crippen LogP contribution < -0.4 is 5.32 Å². The largest absolute Gasteiger partial charge is 0.444 e. The Bertz CT molecular complexity index is 565. The van der Waals surface area contributed by atoms with E-state index in [2.05, 4.69) is 17.2 Å². The summed E-state index contributed by atoms with van der Waals surface area (Å²) in [4.78, 5) is 21.8. The zero-order chi connectivity index (χ0) is 15.2. The lowest BCUT2D eigenvalue weighted by Gasteiger charge is -2.18. The average molecular weight is 277 g/mol. The first kappa shape index (κ1) is 15.7. The van der Waals surface area contributed by atoms with Crippen molar-refractivity contribution >= 4 is 12.4 Å². The van der Waals surface area contributed by atoms with Gasteiger partial charge in [-0.1, -0.05) is 11.8 Å². The van der Waals surface area contributed by atoms with E-state index in [-0.39, 0.29) is 12.1 Å². The van der Waals surface area contributed by atoms with Crippen molar-refractivity contribution in [3.63, 3.8) is 0 Å². The van der Waals surface area contributed by atoms with Gasteiger partial charge >= 0.3 is 6.09 Å². The highest BCUT2D eigenvalue weighted by Crippen LogP contribution is 2.07. The van der Waals surface area contributed by atoms with Gasteiger partial charge in [-0.25, -0.2) is 9.18 Å². The number of hydrogen-bond acceptors (Lipinski definition) is 3. The van der Waals surface area contributed by atoms with Crippen LogP contribution in [-0.4, -0.2) is 24.5 Å². The van der Waals surface area contributed by atoms with Crippen LogP contribution in [0.5, 0.6) is 0 Å². The summed E-state index contributed by atoms with van der Waals surface area (Å²) in [6, 6.07) is 4.06. The third-order valence-corrected chi connectivity index (χ3v) is 2.08. The number of carbonyl (C=O) groups is 2. The molecule has 1 aromatic carbocycles. The molecule has 5 heteroatoms. The second-order valence-electron chi connectivity index (χ2n) is 5.01. The zero-order valence-electron chi connectivity index (χ0n) is 11.6. The summed E-state index contributed by atoms with van der Waals surface area (Å²) in [6.45, 7) is 5.37. The molecule has 4 nitrogen and oxygen atoms in total. The number of benzene rings is 1. The highest BCUT2D eigenvalue weighted by molar-refractivity contribution is 5.75. The number of halogens is 1. The van der Waals surface area contributed by atoms with E-state index in [4.69, 9.17) is 4.74 Å². The van der Waals surface area contributed by atoms with Gasteiger partial charge in [-0.2, -0.15) is 0 Å². The van der Waals surface area contributed by atoms with E-state index < -0.39 is 17.5 Å². The zero-order valence-corrected chi connectivity index (χ0v) is 11.6. The van der Waals surface area contributed by atoms with Gasteiger partial charge < -0.3 is 10.1 Å². The Morgan fingerprint density at radius 3 is 2.70 bits per heavy atom. The Labute approximate surface area is 117 Å². The van der Waals surface area contributed by atoms with Crippen molar-refractivity contribution in [3.8, 4) is 11.8 Å². The SMILES string of the molecule is CC(C)(C)OC(=O)NCC#Cc1ccc(C=O)c(F)c1. The van der Waals surface area contributed by atoms with E-state index in [1.807, 2.05) is 0 Å². The average Bonchev–Trinajstić information content (AvgIpc) is 2.33. The van der Waals surface area contributed by atoms with Crippen LogP contribution in [0.15, 0.2) is 18.2 Å². The fourth-order valence-electron chi connectivity index (χ4n) is 1.28. The van der Waals surface area contributed by atoms with Crippen LogP contribution in [0.1, 0.15) is 36.7 Å². The lowest BCUT2D eigenvalue weighted by molar-refractivity contribution is 0.0535. The van der Waals surface area contributed by atoms with Crippen LogP contribution in [0.3, 0.4) is 0 Å². The minimum atomic E-state index is -0.619. The van der Waals surface area contributed by atoms with E-state index in [0.717, 1.165) is 0 Å². The Hall–Kier alpha value is -2.35. The van der Waals surface area contributed by atoms with Gasteiger partial charge in [0, 0.05) is 5.56 Å². The molecule has 0 saturated carbocycles. The van der Waals surface area contributed by atoms with Gasteiger partial charge in [0.1, 0.15) is 11.4 Å². The molecule has 0 fully saturated rings. The third-order valence-electron chi connectivity index (χ3n) is 2.08. The fourth-order valence-corrected chi connectivity index (χ4v) is 1.28. The molecular weight excluding hydrogens is 261 g/mol. The van der Waals surface area contributed by atoms with Gasteiger partial charge in [-0.15, -0.1) is 0 Å². The van der Waals surface area contributed by atoms with Gasteiger partial charge in [-0.05, 0) is 39.0 Å². The van der Waals surface area contributed by atoms with Gasteiger partial charge in [-0.3, -0.25) is 4.79 Å². The van der Waals surface area contributed by atoms with Crippen LogP contribution >= 0.6 is 0 Å². The van der Waals surface area contributed by atoms with E-state index in [0.29, 0.717) is 11.8 Å². The lowest BCUT2D eigenvalue weighted by atomic mass is 10.1. The molecule has 106 valence electrons. The van der Waals surface area contributed by atoms with Crippen LogP contribution in [0.4, 0.5) is 9.18 Å². The van der Waals surface area contributed by atoms with Gasteiger partial charge in [0.25, 0.3) is 0 Å². The number of rotatable bonds is 2. The summed E-state index contributed by atoms with van der Waals surface area (Å²) in [5, 5.41) is 2.46. The summed E-state index contributed by atoms with van der Waals surface area (Å²) in [7, 11) is 0. The first-order chi connectivity index (χ1) is 9.31. The molecule has 0 unspecified atom stereocenters. The molecule has 0 atom stereocenters. The summed E-state index contributed by atoms with van der Waals surface area (Å²) in [5.41, 5.74) is -0.146. The molecule has 0 aromatic heterocycles. The molecule has 0 bridgehead atoms. The van der Waals surface area contributed by atoms with Crippen molar-refractivity contribution < 1.29 is 18.7 Å². The highest BCUT2D eigenvalue weighted by Gasteiger charge is 2.14. The minimum Gasteiger partial charge on any atom is -0.444 e. The number of amides is 1. The maximum Gasteiger partial charge on any atom is 0.408 e. The molecular formula is C15H16FNO3. The van der Waals surface area contributed by atoms with Crippen molar-refractivity contribution in [2.45, 2.75) is 26.4 Å². The first-order valence-corrected chi connectivity index (χ1v) is 6.02. The number of aldehydes is 1. The second-order valence-corrected chi connectivity index (χ2v) is 5.01. The molecule has 0 aliphatic carbocycles. The first-order valence-electron chi connectivity index (χ1n) is 6.02.